The zero-order chi connectivity index (χ0) is 19.1. The standard InChI is InChI=1S/C21H22ClN3OS/c1-12(2)14-5-7-19-17(8-14)20(21(26)25(19)16-10-27-11-16)24-23-15-6-4-13(3)18(22)9-15/h4-9,12,16,26H,10-11H2,1-3H3. The molecule has 0 atom stereocenters. The van der Waals surface area contributed by atoms with E-state index >= 15 is 0 Å². The number of nitrogens with zero attached hydrogens (tertiary/aromatic N) is 3. The fourth-order valence-corrected chi connectivity index (χ4v) is 4.17. The summed E-state index contributed by atoms with van der Waals surface area (Å²) in [7, 11) is 0. The molecular weight excluding hydrogens is 378 g/mol. The molecule has 0 saturated carbocycles. The van der Waals surface area contributed by atoms with E-state index in [1.807, 2.05) is 35.4 Å². The van der Waals surface area contributed by atoms with Gasteiger partial charge in [0, 0.05) is 21.9 Å². The summed E-state index contributed by atoms with van der Waals surface area (Å²) in [6.45, 7) is 6.28. The molecule has 3 aromatic rings. The number of fused-ring (bicyclic) bond motifs is 1. The number of aromatic hydroxyl groups is 1. The predicted molar refractivity (Wildman–Crippen MR) is 114 cm³/mol. The van der Waals surface area contributed by atoms with E-state index in [4.69, 9.17) is 11.6 Å². The Labute approximate surface area is 168 Å². The van der Waals surface area contributed by atoms with Crippen LogP contribution < -0.4 is 0 Å². The molecule has 0 amide bonds. The first-order valence-electron chi connectivity index (χ1n) is 9.08. The molecule has 0 bridgehead atoms. The van der Waals surface area contributed by atoms with Gasteiger partial charge in [-0.15, -0.1) is 5.11 Å². The van der Waals surface area contributed by atoms with E-state index < -0.39 is 0 Å². The minimum Gasteiger partial charge on any atom is -0.493 e. The normalized spacial score (nSPS) is 15.1. The van der Waals surface area contributed by atoms with Gasteiger partial charge >= 0.3 is 0 Å². The Morgan fingerprint density at radius 1 is 1.15 bits per heavy atom. The largest absolute Gasteiger partial charge is 0.493 e. The molecule has 27 heavy (non-hydrogen) atoms. The third-order valence-corrected chi connectivity index (χ3v) is 6.70. The molecule has 1 fully saturated rings. The van der Waals surface area contributed by atoms with Gasteiger partial charge in [-0.25, -0.2) is 0 Å². The molecule has 0 aliphatic carbocycles. The molecule has 4 nitrogen and oxygen atoms in total. The lowest BCUT2D eigenvalue weighted by Gasteiger charge is -2.27. The number of azo groups is 1. The highest BCUT2D eigenvalue weighted by molar-refractivity contribution is 8.00. The Morgan fingerprint density at radius 3 is 2.56 bits per heavy atom. The number of thioether (sulfide) groups is 1. The van der Waals surface area contributed by atoms with Crippen molar-refractivity contribution in [2.45, 2.75) is 32.7 Å². The van der Waals surface area contributed by atoms with Crippen LogP contribution in [0, 0.1) is 6.92 Å². The molecule has 1 saturated heterocycles. The average Bonchev–Trinajstić information content (AvgIpc) is 2.86. The van der Waals surface area contributed by atoms with Crippen LogP contribution in [-0.4, -0.2) is 21.2 Å². The summed E-state index contributed by atoms with van der Waals surface area (Å²) in [6, 6.07) is 12.2. The van der Waals surface area contributed by atoms with Crippen LogP contribution in [0.3, 0.4) is 0 Å². The summed E-state index contributed by atoms with van der Waals surface area (Å²) in [5, 5.41) is 21.3. The Balaban J connectivity index is 1.84. The minimum atomic E-state index is 0.193. The summed E-state index contributed by atoms with van der Waals surface area (Å²) in [6.07, 6.45) is 0. The lowest BCUT2D eigenvalue weighted by molar-refractivity contribution is 0.406. The summed E-state index contributed by atoms with van der Waals surface area (Å²) < 4.78 is 2.01. The van der Waals surface area contributed by atoms with Gasteiger partial charge in [0.05, 0.1) is 17.2 Å². The molecule has 0 unspecified atom stereocenters. The number of aryl methyl sites for hydroxylation is 1. The second kappa shape index (κ2) is 7.21. The molecule has 0 radical (unpaired) electrons. The number of halogens is 1. The van der Waals surface area contributed by atoms with Crippen LogP contribution in [0.4, 0.5) is 11.4 Å². The number of rotatable bonds is 4. The molecule has 1 aliphatic rings. The third kappa shape index (κ3) is 3.34. The molecular formula is C21H22ClN3OS. The molecule has 1 aromatic heterocycles. The van der Waals surface area contributed by atoms with E-state index in [1.165, 1.54) is 5.56 Å². The van der Waals surface area contributed by atoms with Gasteiger partial charge in [-0.3, -0.25) is 0 Å². The molecule has 2 heterocycles. The number of hydrogen-bond donors (Lipinski definition) is 1. The Bertz CT molecular complexity index is 1040. The van der Waals surface area contributed by atoms with Crippen molar-refractivity contribution in [3.8, 4) is 5.88 Å². The maximum absolute atomic E-state index is 10.9. The van der Waals surface area contributed by atoms with E-state index in [0.29, 0.717) is 28.4 Å². The van der Waals surface area contributed by atoms with Crippen LogP contribution in [0.2, 0.25) is 5.02 Å². The molecule has 1 aliphatic heterocycles. The highest BCUT2D eigenvalue weighted by Crippen LogP contribution is 2.45. The van der Waals surface area contributed by atoms with Crippen molar-refractivity contribution in [2.24, 2.45) is 10.2 Å². The SMILES string of the molecule is Cc1ccc(N=Nc2c(O)n(C3CSC3)c3ccc(C(C)C)cc23)cc1Cl. The Kier molecular flexibility index (Phi) is 4.91. The van der Waals surface area contributed by atoms with Gasteiger partial charge in [0.1, 0.15) is 0 Å². The van der Waals surface area contributed by atoms with Crippen LogP contribution in [0.25, 0.3) is 10.9 Å². The lowest BCUT2D eigenvalue weighted by atomic mass is 10.0. The van der Waals surface area contributed by atoms with Crippen molar-refractivity contribution in [1.29, 1.82) is 0 Å². The quantitative estimate of drug-likeness (QED) is 0.474. The minimum absolute atomic E-state index is 0.193. The van der Waals surface area contributed by atoms with Gasteiger partial charge in [0.2, 0.25) is 5.88 Å². The number of aromatic nitrogens is 1. The Morgan fingerprint density at radius 2 is 1.93 bits per heavy atom. The average molecular weight is 400 g/mol. The van der Waals surface area contributed by atoms with Gasteiger partial charge < -0.3 is 9.67 Å². The highest BCUT2D eigenvalue weighted by atomic mass is 35.5. The van der Waals surface area contributed by atoms with Crippen molar-refractivity contribution >= 4 is 45.6 Å². The fourth-order valence-electron chi connectivity index (χ4n) is 3.25. The summed E-state index contributed by atoms with van der Waals surface area (Å²) in [5.41, 5.74) is 4.43. The topological polar surface area (TPSA) is 49.9 Å². The van der Waals surface area contributed by atoms with Crippen LogP contribution >= 0.6 is 23.4 Å². The second-order valence-electron chi connectivity index (χ2n) is 7.30. The van der Waals surface area contributed by atoms with E-state index in [1.54, 1.807) is 6.07 Å². The van der Waals surface area contributed by atoms with Gasteiger partial charge in [0.25, 0.3) is 0 Å². The van der Waals surface area contributed by atoms with E-state index in [2.05, 4.69) is 42.3 Å². The summed E-state index contributed by atoms with van der Waals surface area (Å²) in [4.78, 5) is 0. The molecule has 0 spiro atoms. The van der Waals surface area contributed by atoms with Crippen LogP contribution in [0.5, 0.6) is 5.88 Å². The molecule has 4 rings (SSSR count). The van der Waals surface area contributed by atoms with Crippen molar-refractivity contribution in [1.82, 2.24) is 4.57 Å². The van der Waals surface area contributed by atoms with Crippen molar-refractivity contribution in [2.75, 3.05) is 11.5 Å². The van der Waals surface area contributed by atoms with Gasteiger partial charge in [-0.05, 0) is 48.2 Å². The molecule has 140 valence electrons. The maximum Gasteiger partial charge on any atom is 0.221 e. The molecule has 6 heteroatoms. The van der Waals surface area contributed by atoms with E-state index in [9.17, 15) is 5.11 Å². The van der Waals surface area contributed by atoms with Crippen molar-refractivity contribution in [3.05, 3.63) is 52.5 Å². The smallest absolute Gasteiger partial charge is 0.221 e. The van der Waals surface area contributed by atoms with Crippen molar-refractivity contribution in [3.63, 3.8) is 0 Å². The number of benzene rings is 2. The zero-order valence-corrected chi connectivity index (χ0v) is 17.2. The Hall–Kier alpha value is -1.98. The first-order chi connectivity index (χ1) is 13.0. The second-order valence-corrected chi connectivity index (χ2v) is 8.78. The third-order valence-electron chi connectivity index (χ3n) is 5.05. The lowest BCUT2D eigenvalue weighted by Crippen LogP contribution is -2.22. The summed E-state index contributed by atoms with van der Waals surface area (Å²) >= 11 is 8.08. The maximum atomic E-state index is 10.9. The van der Waals surface area contributed by atoms with Gasteiger partial charge in [0.15, 0.2) is 5.69 Å². The highest BCUT2D eigenvalue weighted by Gasteiger charge is 2.27. The fraction of sp³-hybridized carbons (Fsp3) is 0.333. The van der Waals surface area contributed by atoms with E-state index in [-0.39, 0.29) is 5.88 Å². The first kappa shape index (κ1) is 18.4. The van der Waals surface area contributed by atoms with Gasteiger partial charge in [-0.1, -0.05) is 37.6 Å². The molecule has 1 N–H and O–H groups in total. The monoisotopic (exact) mass is 399 g/mol. The zero-order valence-electron chi connectivity index (χ0n) is 15.6. The molecule has 2 aromatic carbocycles. The first-order valence-corrected chi connectivity index (χ1v) is 10.6. The van der Waals surface area contributed by atoms with Crippen molar-refractivity contribution < 1.29 is 5.11 Å². The predicted octanol–water partition coefficient (Wildman–Crippen LogP) is 7.14. The summed E-state index contributed by atoms with van der Waals surface area (Å²) in [5.74, 6) is 2.61. The van der Waals surface area contributed by atoms with Gasteiger partial charge in [-0.2, -0.15) is 16.9 Å². The van der Waals surface area contributed by atoms with Crippen LogP contribution in [0.15, 0.2) is 46.6 Å². The van der Waals surface area contributed by atoms with Crippen LogP contribution in [0.1, 0.15) is 36.9 Å². The number of hydrogen-bond acceptors (Lipinski definition) is 4. The van der Waals surface area contributed by atoms with E-state index in [0.717, 1.165) is 28.0 Å². The van der Waals surface area contributed by atoms with Crippen LogP contribution in [-0.2, 0) is 0 Å².